The molecular formula is C19H21N3OS2. The van der Waals surface area contributed by atoms with Crippen LogP contribution in [0.4, 0.5) is 5.69 Å². The van der Waals surface area contributed by atoms with Crippen LogP contribution in [0.2, 0.25) is 0 Å². The molecule has 130 valence electrons. The fourth-order valence-electron chi connectivity index (χ4n) is 3.18. The quantitative estimate of drug-likeness (QED) is 0.765. The van der Waals surface area contributed by atoms with Gasteiger partial charge in [0, 0.05) is 23.2 Å². The van der Waals surface area contributed by atoms with E-state index in [1.54, 1.807) is 0 Å². The molecule has 2 aromatic carbocycles. The van der Waals surface area contributed by atoms with Crippen LogP contribution < -0.4 is 16.2 Å². The number of amides is 1. The smallest absolute Gasteiger partial charge is 0.242 e. The summed E-state index contributed by atoms with van der Waals surface area (Å²) in [4.78, 5) is 12.6. The highest BCUT2D eigenvalue weighted by Gasteiger charge is 2.30. The van der Waals surface area contributed by atoms with Gasteiger partial charge >= 0.3 is 0 Å². The molecule has 4 rings (SSSR count). The Balaban J connectivity index is 1.38. The second-order valence-electron chi connectivity index (χ2n) is 6.23. The van der Waals surface area contributed by atoms with Gasteiger partial charge in [-0.05, 0) is 29.7 Å². The van der Waals surface area contributed by atoms with Crippen LogP contribution in [0.5, 0.6) is 0 Å². The summed E-state index contributed by atoms with van der Waals surface area (Å²) in [5.74, 6) is 2.41. The van der Waals surface area contributed by atoms with E-state index in [-0.39, 0.29) is 18.0 Å². The number of anilines is 1. The van der Waals surface area contributed by atoms with Gasteiger partial charge in [0.25, 0.3) is 0 Å². The third kappa shape index (κ3) is 4.03. The second-order valence-corrected chi connectivity index (χ2v) is 8.95. The summed E-state index contributed by atoms with van der Waals surface area (Å²) in [7, 11) is 0. The van der Waals surface area contributed by atoms with E-state index in [2.05, 4.69) is 40.4 Å². The molecule has 6 heteroatoms. The second kappa shape index (κ2) is 7.83. The van der Waals surface area contributed by atoms with Crippen molar-refractivity contribution in [2.75, 3.05) is 16.8 Å². The lowest BCUT2D eigenvalue weighted by Crippen LogP contribution is -2.39. The molecule has 2 aliphatic rings. The van der Waals surface area contributed by atoms with E-state index in [9.17, 15) is 4.79 Å². The zero-order valence-corrected chi connectivity index (χ0v) is 15.4. The average molecular weight is 372 g/mol. The fourth-order valence-corrected chi connectivity index (χ4v) is 6.01. The van der Waals surface area contributed by atoms with Gasteiger partial charge in [0.05, 0.1) is 4.58 Å². The van der Waals surface area contributed by atoms with Crippen LogP contribution in [0.25, 0.3) is 0 Å². The number of nitrogens with one attached hydrogen (secondary N) is 3. The molecule has 0 aliphatic carbocycles. The first-order valence-electron chi connectivity index (χ1n) is 8.49. The fraction of sp³-hybridized carbons (Fsp3) is 0.316. The van der Waals surface area contributed by atoms with Gasteiger partial charge in [-0.1, -0.05) is 42.5 Å². The zero-order chi connectivity index (χ0) is 17.1. The maximum absolute atomic E-state index is 12.6. The number of hydrazine groups is 1. The Morgan fingerprint density at radius 3 is 2.52 bits per heavy atom. The number of thioether (sulfide) groups is 2. The van der Waals surface area contributed by atoms with Crippen LogP contribution >= 0.6 is 23.5 Å². The van der Waals surface area contributed by atoms with Crippen molar-refractivity contribution in [2.24, 2.45) is 0 Å². The Labute approximate surface area is 156 Å². The molecule has 2 aliphatic heterocycles. The van der Waals surface area contributed by atoms with E-state index in [1.165, 1.54) is 22.6 Å². The molecule has 0 spiro atoms. The van der Waals surface area contributed by atoms with Crippen molar-refractivity contribution in [1.29, 1.82) is 0 Å². The largest absolute Gasteiger partial charge is 0.325 e. The molecule has 2 fully saturated rings. The molecule has 2 saturated heterocycles. The number of carbonyl (C=O) groups excluding carboxylic acids is 1. The van der Waals surface area contributed by atoms with Crippen molar-refractivity contribution in [3.63, 3.8) is 0 Å². The van der Waals surface area contributed by atoms with Crippen LogP contribution in [-0.2, 0) is 4.79 Å². The minimum Gasteiger partial charge on any atom is -0.325 e. The molecule has 0 saturated carbocycles. The molecule has 25 heavy (non-hydrogen) atoms. The van der Waals surface area contributed by atoms with Crippen molar-refractivity contribution >= 4 is 35.1 Å². The van der Waals surface area contributed by atoms with E-state index < -0.39 is 0 Å². The first kappa shape index (κ1) is 17.0. The Morgan fingerprint density at radius 2 is 1.72 bits per heavy atom. The van der Waals surface area contributed by atoms with Gasteiger partial charge in [-0.15, -0.1) is 23.5 Å². The van der Waals surface area contributed by atoms with E-state index in [1.807, 2.05) is 53.9 Å². The number of hydrogen-bond acceptors (Lipinski definition) is 5. The summed E-state index contributed by atoms with van der Waals surface area (Å²) < 4.78 is 0.491. The van der Waals surface area contributed by atoms with Crippen LogP contribution in [0, 0.1) is 0 Å². The summed E-state index contributed by atoms with van der Waals surface area (Å²) in [5.41, 5.74) is 9.71. The maximum Gasteiger partial charge on any atom is 0.242 e. The molecule has 0 aromatic heterocycles. The molecule has 2 atom stereocenters. The van der Waals surface area contributed by atoms with Gasteiger partial charge < -0.3 is 5.32 Å². The molecule has 1 amide bonds. The summed E-state index contributed by atoms with van der Waals surface area (Å²) in [6, 6.07) is 18.4. The van der Waals surface area contributed by atoms with Gasteiger partial charge in [-0.3, -0.25) is 4.79 Å². The van der Waals surface area contributed by atoms with Gasteiger partial charge in [0.1, 0.15) is 6.04 Å². The zero-order valence-electron chi connectivity index (χ0n) is 13.8. The summed E-state index contributed by atoms with van der Waals surface area (Å²) >= 11 is 3.95. The van der Waals surface area contributed by atoms with Gasteiger partial charge in [0.2, 0.25) is 5.91 Å². The van der Waals surface area contributed by atoms with Crippen molar-refractivity contribution in [2.45, 2.75) is 23.1 Å². The lowest BCUT2D eigenvalue weighted by Gasteiger charge is -2.13. The topological polar surface area (TPSA) is 53.2 Å². The van der Waals surface area contributed by atoms with Crippen LogP contribution in [0.3, 0.4) is 0 Å². The SMILES string of the molecule is O=C(Nc1cccc(C2SCCS2)c1)C1CC(c2ccccc2)NN1. The molecule has 2 unspecified atom stereocenters. The Hall–Kier alpha value is -1.47. The predicted octanol–water partition coefficient (Wildman–Crippen LogP) is 3.71. The minimum atomic E-state index is -0.232. The van der Waals surface area contributed by atoms with Gasteiger partial charge in [-0.25, -0.2) is 10.9 Å². The Kier molecular flexibility index (Phi) is 5.31. The Morgan fingerprint density at radius 1 is 0.960 bits per heavy atom. The molecule has 3 N–H and O–H groups in total. The number of hydrogen-bond donors (Lipinski definition) is 3. The number of carbonyl (C=O) groups is 1. The molecule has 0 bridgehead atoms. The standard InChI is InChI=1S/C19H21N3OS2/c23-18(17-12-16(21-22-17)13-5-2-1-3-6-13)20-15-8-4-7-14(11-15)19-24-9-10-25-19/h1-8,11,16-17,19,21-22H,9-10,12H2,(H,20,23). The number of benzene rings is 2. The van der Waals surface area contributed by atoms with Gasteiger partial charge in [0.15, 0.2) is 0 Å². The van der Waals surface area contributed by atoms with E-state index in [4.69, 9.17) is 0 Å². The lowest BCUT2D eigenvalue weighted by molar-refractivity contribution is -0.117. The summed E-state index contributed by atoms with van der Waals surface area (Å²) in [6.07, 6.45) is 0.740. The van der Waals surface area contributed by atoms with Crippen LogP contribution in [-0.4, -0.2) is 23.5 Å². The first-order chi connectivity index (χ1) is 12.3. The van der Waals surface area contributed by atoms with Crippen molar-refractivity contribution in [3.05, 3.63) is 65.7 Å². The highest BCUT2D eigenvalue weighted by atomic mass is 32.2. The van der Waals surface area contributed by atoms with Gasteiger partial charge in [-0.2, -0.15) is 0 Å². The van der Waals surface area contributed by atoms with E-state index >= 15 is 0 Å². The lowest BCUT2D eigenvalue weighted by atomic mass is 10.0. The minimum absolute atomic E-state index is 0.00908. The normalized spacial score (nSPS) is 23.7. The third-order valence-electron chi connectivity index (χ3n) is 4.47. The van der Waals surface area contributed by atoms with E-state index in [0.29, 0.717) is 4.58 Å². The molecule has 0 radical (unpaired) electrons. The summed E-state index contributed by atoms with van der Waals surface area (Å²) in [6.45, 7) is 0. The average Bonchev–Trinajstić information content (AvgIpc) is 3.35. The molecule has 2 aromatic rings. The molecule has 2 heterocycles. The summed E-state index contributed by atoms with van der Waals surface area (Å²) in [5, 5.41) is 3.06. The van der Waals surface area contributed by atoms with Crippen molar-refractivity contribution in [3.8, 4) is 0 Å². The maximum atomic E-state index is 12.6. The highest BCUT2D eigenvalue weighted by Crippen LogP contribution is 2.45. The van der Waals surface area contributed by atoms with Crippen LogP contribution in [0.1, 0.15) is 28.2 Å². The highest BCUT2D eigenvalue weighted by molar-refractivity contribution is 8.19. The number of rotatable bonds is 4. The van der Waals surface area contributed by atoms with Crippen molar-refractivity contribution in [1.82, 2.24) is 10.9 Å². The molecule has 4 nitrogen and oxygen atoms in total. The molecular weight excluding hydrogens is 350 g/mol. The monoisotopic (exact) mass is 371 g/mol. The Bertz CT molecular complexity index is 734. The first-order valence-corrected chi connectivity index (χ1v) is 10.6. The third-order valence-corrected chi connectivity index (χ3v) is 7.57. The van der Waals surface area contributed by atoms with E-state index in [0.717, 1.165) is 12.1 Å². The van der Waals surface area contributed by atoms with Crippen LogP contribution in [0.15, 0.2) is 54.6 Å². The van der Waals surface area contributed by atoms with Crippen molar-refractivity contribution < 1.29 is 4.79 Å². The predicted molar refractivity (Wildman–Crippen MR) is 107 cm³/mol.